The van der Waals surface area contributed by atoms with Crippen molar-refractivity contribution in [2.45, 2.75) is 18.4 Å². The molecule has 1 aromatic heterocycles. The third-order valence-electron chi connectivity index (χ3n) is 2.36. The van der Waals surface area contributed by atoms with E-state index in [-0.39, 0.29) is 17.1 Å². The van der Waals surface area contributed by atoms with Crippen molar-refractivity contribution in [2.75, 3.05) is 5.73 Å². The largest absolute Gasteiger partial charge is 0.396 e. The van der Waals surface area contributed by atoms with Crippen LogP contribution in [0.1, 0.15) is 9.88 Å². The monoisotopic (exact) mass is 301 g/mol. The first kappa shape index (κ1) is 13.9. The molecule has 2 rings (SSSR count). The van der Waals surface area contributed by atoms with Crippen LogP contribution in [-0.2, 0) is 16.6 Å². The van der Waals surface area contributed by atoms with Gasteiger partial charge in [-0.15, -0.1) is 11.3 Å². The van der Waals surface area contributed by atoms with E-state index in [0.717, 1.165) is 10.9 Å². The van der Waals surface area contributed by atoms with E-state index in [9.17, 15) is 12.8 Å². The summed E-state index contributed by atoms with van der Waals surface area (Å²) >= 11 is 1.40. The molecule has 0 fully saturated rings. The van der Waals surface area contributed by atoms with E-state index < -0.39 is 15.8 Å². The molecule has 0 atom stereocenters. The van der Waals surface area contributed by atoms with Crippen LogP contribution in [0.25, 0.3) is 0 Å². The van der Waals surface area contributed by atoms with Crippen LogP contribution in [0.3, 0.4) is 0 Å². The van der Waals surface area contributed by atoms with Crippen molar-refractivity contribution in [3.63, 3.8) is 0 Å². The summed E-state index contributed by atoms with van der Waals surface area (Å²) in [6, 6.07) is 3.37. The summed E-state index contributed by atoms with van der Waals surface area (Å²) in [5.41, 5.74) is 5.21. The van der Waals surface area contributed by atoms with Crippen LogP contribution in [-0.4, -0.2) is 13.4 Å². The molecule has 0 bridgehead atoms. The van der Waals surface area contributed by atoms with Crippen molar-refractivity contribution in [1.29, 1.82) is 0 Å². The van der Waals surface area contributed by atoms with Crippen LogP contribution in [0.5, 0.6) is 0 Å². The maximum Gasteiger partial charge on any atom is 0.241 e. The third kappa shape index (κ3) is 3.28. The lowest BCUT2D eigenvalue weighted by atomic mass is 10.3. The molecule has 0 amide bonds. The molecule has 102 valence electrons. The van der Waals surface area contributed by atoms with Crippen molar-refractivity contribution >= 4 is 27.0 Å². The number of rotatable bonds is 4. The second-order valence-electron chi connectivity index (χ2n) is 3.87. The average Bonchev–Trinajstić information content (AvgIpc) is 2.76. The Morgan fingerprint density at radius 1 is 1.47 bits per heavy atom. The number of sulfonamides is 1. The van der Waals surface area contributed by atoms with Gasteiger partial charge >= 0.3 is 0 Å². The Hall–Kier alpha value is -1.51. The number of aromatic nitrogens is 1. The lowest BCUT2D eigenvalue weighted by Gasteiger charge is -2.06. The van der Waals surface area contributed by atoms with E-state index in [2.05, 4.69) is 9.71 Å². The fourth-order valence-electron chi connectivity index (χ4n) is 1.40. The van der Waals surface area contributed by atoms with E-state index >= 15 is 0 Å². The molecule has 8 heteroatoms. The Morgan fingerprint density at radius 2 is 2.21 bits per heavy atom. The van der Waals surface area contributed by atoms with Gasteiger partial charge in [0, 0.05) is 11.1 Å². The highest BCUT2D eigenvalue weighted by Gasteiger charge is 2.16. The highest BCUT2D eigenvalue weighted by Crippen LogP contribution is 2.17. The Bertz CT molecular complexity index is 698. The molecule has 0 spiro atoms. The average molecular weight is 301 g/mol. The second kappa shape index (κ2) is 5.24. The zero-order valence-corrected chi connectivity index (χ0v) is 11.7. The fourth-order valence-corrected chi connectivity index (χ4v) is 3.22. The first-order chi connectivity index (χ1) is 8.88. The number of aryl methyl sites for hydroxylation is 1. The molecule has 0 unspecified atom stereocenters. The van der Waals surface area contributed by atoms with Gasteiger partial charge in [0.2, 0.25) is 10.0 Å². The standard InChI is InChI=1S/C11H12FN3O2S2/c1-7-5-14-11(18-7)6-15-19(16,17)8-2-3-10(13)9(12)4-8/h2-5,15H,6,13H2,1H3. The Balaban J connectivity index is 2.16. The highest BCUT2D eigenvalue weighted by atomic mass is 32.2. The molecule has 5 nitrogen and oxygen atoms in total. The number of nitrogen functional groups attached to an aromatic ring is 1. The Kier molecular flexibility index (Phi) is 3.83. The number of hydrogen-bond acceptors (Lipinski definition) is 5. The summed E-state index contributed by atoms with van der Waals surface area (Å²) in [6.07, 6.45) is 1.66. The molecule has 0 aliphatic rings. The minimum absolute atomic E-state index is 0.0762. The molecule has 0 saturated carbocycles. The topological polar surface area (TPSA) is 85.1 Å². The molecule has 0 aliphatic carbocycles. The predicted molar refractivity (Wildman–Crippen MR) is 71.7 cm³/mol. The van der Waals surface area contributed by atoms with Gasteiger partial charge in [-0.3, -0.25) is 0 Å². The molecule has 19 heavy (non-hydrogen) atoms. The second-order valence-corrected chi connectivity index (χ2v) is 6.96. The van der Waals surface area contributed by atoms with Crippen LogP contribution in [0.15, 0.2) is 29.3 Å². The summed E-state index contributed by atoms with van der Waals surface area (Å²) in [5.74, 6) is -0.757. The van der Waals surface area contributed by atoms with Crippen LogP contribution in [0.2, 0.25) is 0 Å². The quantitative estimate of drug-likeness (QED) is 0.841. The smallest absolute Gasteiger partial charge is 0.241 e. The number of anilines is 1. The van der Waals surface area contributed by atoms with Gasteiger partial charge in [0.15, 0.2) is 0 Å². The minimum Gasteiger partial charge on any atom is -0.396 e. The molecular weight excluding hydrogens is 289 g/mol. The maximum atomic E-state index is 13.2. The van der Waals surface area contributed by atoms with Gasteiger partial charge in [-0.25, -0.2) is 22.5 Å². The molecule has 1 heterocycles. The molecule has 2 aromatic rings. The number of hydrogen-bond donors (Lipinski definition) is 2. The predicted octanol–water partition coefficient (Wildman–Crippen LogP) is 1.65. The minimum atomic E-state index is -3.77. The van der Waals surface area contributed by atoms with Crippen LogP contribution in [0, 0.1) is 12.7 Å². The first-order valence-corrected chi connectivity index (χ1v) is 7.64. The summed E-state index contributed by atoms with van der Waals surface area (Å²) in [7, 11) is -3.77. The number of thiazole rings is 1. The molecule has 0 saturated heterocycles. The molecular formula is C11H12FN3O2S2. The fraction of sp³-hybridized carbons (Fsp3) is 0.182. The number of nitrogens with zero attached hydrogens (tertiary/aromatic N) is 1. The zero-order valence-electron chi connectivity index (χ0n) is 10.1. The van der Waals surface area contributed by atoms with Gasteiger partial charge < -0.3 is 5.73 Å². The molecule has 3 N–H and O–H groups in total. The number of nitrogens with one attached hydrogen (secondary N) is 1. The van der Waals surface area contributed by atoms with Crippen LogP contribution in [0.4, 0.5) is 10.1 Å². The summed E-state index contributed by atoms with van der Waals surface area (Å²) in [6.45, 7) is 1.96. The van der Waals surface area contributed by atoms with Crippen molar-refractivity contribution in [3.05, 3.63) is 40.1 Å². The Morgan fingerprint density at radius 3 is 2.79 bits per heavy atom. The van der Waals surface area contributed by atoms with E-state index in [4.69, 9.17) is 5.73 Å². The van der Waals surface area contributed by atoms with Gasteiger partial charge in [-0.05, 0) is 25.1 Å². The van der Waals surface area contributed by atoms with Gasteiger partial charge in [0.05, 0.1) is 17.1 Å². The van der Waals surface area contributed by atoms with Crippen molar-refractivity contribution in [3.8, 4) is 0 Å². The highest BCUT2D eigenvalue weighted by molar-refractivity contribution is 7.89. The van der Waals surface area contributed by atoms with E-state index in [1.165, 1.54) is 23.5 Å². The SMILES string of the molecule is Cc1cnc(CNS(=O)(=O)c2ccc(N)c(F)c2)s1. The third-order valence-corrected chi connectivity index (χ3v) is 4.68. The van der Waals surface area contributed by atoms with E-state index in [1.54, 1.807) is 6.20 Å². The van der Waals surface area contributed by atoms with Gasteiger partial charge in [-0.1, -0.05) is 0 Å². The Labute approximate surface area is 114 Å². The number of benzene rings is 1. The number of nitrogens with two attached hydrogens (primary N) is 1. The van der Waals surface area contributed by atoms with Crippen LogP contribution >= 0.6 is 11.3 Å². The van der Waals surface area contributed by atoms with Gasteiger partial charge in [-0.2, -0.15) is 0 Å². The van der Waals surface area contributed by atoms with E-state index in [0.29, 0.717) is 5.01 Å². The molecule has 0 aliphatic heterocycles. The zero-order chi connectivity index (χ0) is 14.0. The number of halogens is 1. The normalized spacial score (nSPS) is 11.7. The van der Waals surface area contributed by atoms with Crippen molar-refractivity contribution in [1.82, 2.24) is 9.71 Å². The summed E-state index contributed by atoms with van der Waals surface area (Å²) in [4.78, 5) is 4.88. The lowest BCUT2D eigenvalue weighted by Crippen LogP contribution is -2.23. The maximum absolute atomic E-state index is 13.2. The molecule has 1 aromatic carbocycles. The van der Waals surface area contributed by atoms with Gasteiger partial charge in [0.25, 0.3) is 0 Å². The van der Waals surface area contributed by atoms with Gasteiger partial charge in [0.1, 0.15) is 10.8 Å². The first-order valence-electron chi connectivity index (χ1n) is 5.34. The molecule has 0 radical (unpaired) electrons. The lowest BCUT2D eigenvalue weighted by molar-refractivity contribution is 0.577. The van der Waals surface area contributed by atoms with E-state index in [1.807, 2.05) is 6.92 Å². The van der Waals surface area contributed by atoms with Crippen LogP contribution < -0.4 is 10.5 Å². The summed E-state index contributed by atoms with van der Waals surface area (Å²) in [5, 5.41) is 0.650. The van der Waals surface area contributed by atoms with Crippen molar-refractivity contribution < 1.29 is 12.8 Å². The van der Waals surface area contributed by atoms with Crippen molar-refractivity contribution in [2.24, 2.45) is 0 Å². The summed E-state index contributed by atoms with van der Waals surface area (Å²) < 4.78 is 39.5.